The fourth-order valence-corrected chi connectivity index (χ4v) is 3.25. The fourth-order valence-electron chi connectivity index (χ4n) is 3.25. The largest absolute Gasteiger partial charge is 0.378 e. The van der Waals surface area contributed by atoms with Crippen LogP contribution in [0, 0.1) is 0 Å². The van der Waals surface area contributed by atoms with Crippen LogP contribution in [0.2, 0.25) is 0 Å². The van der Waals surface area contributed by atoms with E-state index in [4.69, 9.17) is 0 Å². The molecule has 0 atom stereocenters. The smallest absolute Gasteiger partial charge is 0.273 e. The van der Waals surface area contributed by atoms with Gasteiger partial charge in [-0.05, 0) is 60.7 Å². The number of para-hydroxylation sites is 1. The second-order valence-corrected chi connectivity index (χ2v) is 7.02. The van der Waals surface area contributed by atoms with E-state index in [9.17, 15) is 4.79 Å². The molecule has 0 radical (unpaired) electrons. The Kier molecular flexibility index (Phi) is 5.48. The molecule has 4 rings (SSSR count). The highest BCUT2D eigenvalue weighted by Gasteiger charge is 2.11. The first-order valence-corrected chi connectivity index (χ1v) is 9.64. The van der Waals surface area contributed by atoms with Crippen LogP contribution >= 0.6 is 0 Å². The molecule has 0 spiro atoms. The van der Waals surface area contributed by atoms with Gasteiger partial charge in [0.15, 0.2) is 0 Å². The Morgan fingerprint density at radius 1 is 0.900 bits per heavy atom. The molecule has 1 N–H and O–H groups in total. The number of rotatable bonds is 6. The Bertz CT molecular complexity index is 1150. The first kappa shape index (κ1) is 19.3. The van der Waals surface area contributed by atoms with Gasteiger partial charge in [0.1, 0.15) is 0 Å². The third kappa shape index (κ3) is 4.03. The van der Waals surface area contributed by atoms with E-state index >= 15 is 0 Å². The predicted molar refractivity (Wildman–Crippen MR) is 121 cm³/mol. The SMILES string of the molecule is CN(C)c1ccc(-n2cccc2/C=N\NC(=O)c2ccccc2-n2cccc2)cc1. The van der Waals surface area contributed by atoms with E-state index < -0.39 is 0 Å². The Morgan fingerprint density at radius 3 is 2.37 bits per heavy atom. The zero-order valence-electron chi connectivity index (χ0n) is 16.9. The molecular formula is C24H23N5O. The molecule has 2 aromatic carbocycles. The van der Waals surface area contributed by atoms with Crippen LogP contribution in [0.25, 0.3) is 11.4 Å². The molecule has 0 aliphatic carbocycles. The van der Waals surface area contributed by atoms with Crippen molar-refractivity contribution in [3.05, 3.63) is 103 Å². The van der Waals surface area contributed by atoms with Crippen LogP contribution in [0.15, 0.2) is 96.5 Å². The Labute approximate surface area is 175 Å². The number of hydrogen-bond acceptors (Lipinski definition) is 3. The van der Waals surface area contributed by atoms with Crippen molar-refractivity contribution in [1.29, 1.82) is 0 Å². The Balaban J connectivity index is 1.50. The van der Waals surface area contributed by atoms with Crippen molar-refractivity contribution >= 4 is 17.8 Å². The normalized spacial score (nSPS) is 11.0. The van der Waals surface area contributed by atoms with Crippen LogP contribution in [0.3, 0.4) is 0 Å². The summed E-state index contributed by atoms with van der Waals surface area (Å²) < 4.78 is 3.92. The summed E-state index contributed by atoms with van der Waals surface area (Å²) in [6.45, 7) is 0. The summed E-state index contributed by atoms with van der Waals surface area (Å²) in [4.78, 5) is 14.8. The van der Waals surface area contributed by atoms with Gasteiger partial charge in [-0.3, -0.25) is 4.79 Å². The maximum absolute atomic E-state index is 12.7. The number of carbonyl (C=O) groups excluding carboxylic acids is 1. The minimum absolute atomic E-state index is 0.260. The highest BCUT2D eigenvalue weighted by atomic mass is 16.2. The molecule has 150 valence electrons. The quantitative estimate of drug-likeness (QED) is 0.393. The van der Waals surface area contributed by atoms with Gasteiger partial charge in [-0.2, -0.15) is 5.10 Å². The maximum Gasteiger partial charge on any atom is 0.273 e. The molecule has 1 amide bonds. The van der Waals surface area contributed by atoms with Crippen LogP contribution in [0.4, 0.5) is 5.69 Å². The lowest BCUT2D eigenvalue weighted by atomic mass is 10.1. The average Bonchev–Trinajstić information content (AvgIpc) is 3.46. The standard InChI is InChI=1S/C24H23N5O/c1-27(2)19-11-13-20(14-12-19)29-17-7-8-21(29)18-25-26-24(30)22-9-3-4-10-23(22)28-15-5-6-16-28/h3-18H,1-2H3,(H,26,30)/b25-18-. The lowest BCUT2D eigenvalue weighted by Crippen LogP contribution is -2.19. The highest BCUT2D eigenvalue weighted by Crippen LogP contribution is 2.17. The Hall–Kier alpha value is -4.06. The number of nitrogens with one attached hydrogen (secondary N) is 1. The molecule has 0 aliphatic rings. The van der Waals surface area contributed by atoms with Crippen LogP contribution < -0.4 is 10.3 Å². The molecule has 2 heterocycles. The summed E-state index contributed by atoms with van der Waals surface area (Å²) in [6.07, 6.45) is 7.43. The van der Waals surface area contributed by atoms with E-state index in [0.29, 0.717) is 5.56 Å². The summed E-state index contributed by atoms with van der Waals surface area (Å²) in [7, 11) is 4.03. The van der Waals surface area contributed by atoms with Crippen LogP contribution in [-0.2, 0) is 0 Å². The van der Waals surface area contributed by atoms with Crippen LogP contribution in [0.5, 0.6) is 0 Å². The third-order valence-electron chi connectivity index (χ3n) is 4.82. The molecule has 6 nitrogen and oxygen atoms in total. The lowest BCUT2D eigenvalue weighted by Gasteiger charge is -2.13. The molecule has 0 saturated carbocycles. The number of carbonyl (C=O) groups is 1. The van der Waals surface area contributed by atoms with Crippen molar-refractivity contribution in [1.82, 2.24) is 14.6 Å². The number of aromatic nitrogens is 2. The summed E-state index contributed by atoms with van der Waals surface area (Å²) in [5, 5.41) is 4.18. The zero-order chi connectivity index (χ0) is 20.9. The molecule has 0 unspecified atom stereocenters. The zero-order valence-corrected chi connectivity index (χ0v) is 16.9. The van der Waals surface area contributed by atoms with E-state index in [0.717, 1.165) is 22.8 Å². The second-order valence-electron chi connectivity index (χ2n) is 7.02. The van der Waals surface area contributed by atoms with E-state index in [1.807, 2.05) is 84.3 Å². The topological polar surface area (TPSA) is 54.6 Å². The van der Waals surface area contributed by atoms with E-state index in [1.165, 1.54) is 0 Å². The van der Waals surface area contributed by atoms with Gasteiger partial charge in [-0.1, -0.05) is 12.1 Å². The van der Waals surface area contributed by atoms with Crippen molar-refractivity contribution in [2.75, 3.05) is 19.0 Å². The predicted octanol–water partition coefficient (Wildman–Crippen LogP) is 4.10. The number of hydrazone groups is 1. The Morgan fingerprint density at radius 2 is 1.63 bits per heavy atom. The van der Waals surface area contributed by atoms with Crippen LogP contribution in [0.1, 0.15) is 16.1 Å². The van der Waals surface area contributed by atoms with Crippen molar-refractivity contribution in [2.24, 2.45) is 5.10 Å². The lowest BCUT2D eigenvalue weighted by molar-refractivity contribution is 0.0955. The van der Waals surface area contributed by atoms with Gasteiger partial charge in [-0.25, -0.2) is 5.43 Å². The fraction of sp³-hybridized carbons (Fsp3) is 0.0833. The minimum Gasteiger partial charge on any atom is -0.378 e. The van der Waals surface area contributed by atoms with Crippen molar-refractivity contribution in [2.45, 2.75) is 0 Å². The van der Waals surface area contributed by atoms with Crippen molar-refractivity contribution in [3.63, 3.8) is 0 Å². The monoisotopic (exact) mass is 397 g/mol. The van der Waals surface area contributed by atoms with Gasteiger partial charge in [-0.15, -0.1) is 0 Å². The maximum atomic E-state index is 12.7. The van der Waals surface area contributed by atoms with E-state index in [2.05, 4.69) is 39.7 Å². The minimum atomic E-state index is -0.260. The van der Waals surface area contributed by atoms with Gasteiger partial charge in [0.2, 0.25) is 0 Å². The van der Waals surface area contributed by atoms with Gasteiger partial charge < -0.3 is 14.0 Å². The molecule has 0 saturated heterocycles. The summed E-state index contributed by atoms with van der Waals surface area (Å²) >= 11 is 0. The van der Waals surface area contributed by atoms with Crippen molar-refractivity contribution in [3.8, 4) is 11.4 Å². The molecule has 2 aromatic heterocycles. The van der Waals surface area contributed by atoms with Gasteiger partial charge in [0.25, 0.3) is 5.91 Å². The number of anilines is 1. The van der Waals surface area contributed by atoms with Crippen molar-refractivity contribution < 1.29 is 4.79 Å². The first-order valence-electron chi connectivity index (χ1n) is 9.64. The molecular weight excluding hydrogens is 374 g/mol. The number of hydrogen-bond donors (Lipinski definition) is 1. The molecule has 6 heteroatoms. The summed E-state index contributed by atoms with van der Waals surface area (Å²) in [5.41, 5.74) is 7.03. The van der Waals surface area contributed by atoms with Gasteiger partial charge >= 0.3 is 0 Å². The van der Waals surface area contributed by atoms with E-state index in [-0.39, 0.29) is 5.91 Å². The van der Waals surface area contributed by atoms with Gasteiger partial charge in [0, 0.05) is 44.1 Å². The number of nitrogens with zero attached hydrogens (tertiary/aromatic N) is 4. The summed E-state index contributed by atoms with van der Waals surface area (Å²) in [6, 6.07) is 23.4. The molecule has 0 aliphatic heterocycles. The molecule has 0 fully saturated rings. The van der Waals surface area contributed by atoms with Gasteiger partial charge in [0.05, 0.1) is 23.2 Å². The second kappa shape index (κ2) is 8.53. The summed E-state index contributed by atoms with van der Waals surface area (Å²) in [5.74, 6) is -0.260. The first-order chi connectivity index (χ1) is 14.6. The van der Waals surface area contributed by atoms with E-state index in [1.54, 1.807) is 12.3 Å². The van der Waals surface area contributed by atoms with Crippen LogP contribution in [-0.4, -0.2) is 35.4 Å². The molecule has 0 bridgehead atoms. The molecule has 4 aromatic rings. The highest BCUT2D eigenvalue weighted by molar-refractivity contribution is 5.98. The number of benzene rings is 2. The average molecular weight is 397 g/mol. The molecule has 30 heavy (non-hydrogen) atoms. The third-order valence-corrected chi connectivity index (χ3v) is 4.82. The number of amides is 1.